The first kappa shape index (κ1) is 17.1. The minimum atomic E-state index is -0.994. The van der Waals surface area contributed by atoms with Crippen molar-refractivity contribution in [2.45, 2.75) is 6.10 Å². The molecule has 2 N–H and O–H groups in total. The zero-order chi connectivity index (χ0) is 18.3. The van der Waals surface area contributed by atoms with Crippen molar-refractivity contribution in [1.82, 2.24) is 15.2 Å². The molecular formula is C17H14Cl2N4O3. The van der Waals surface area contributed by atoms with Crippen molar-refractivity contribution in [1.29, 1.82) is 0 Å². The van der Waals surface area contributed by atoms with Gasteiger partial charge in [-0.2, -0.15) is 5.10 Å². The third-order valence-corrected chi connectivity index (χ3v) is 5.13. The van der Waals surface area contributed by atoms with Gasteiger partial charge >= 0.3 is 5.97 Å². The SMILES string of the molecule is O=C(O)[C@H]1CN(c2cc(-c3cn[nH]c3)c3ccc(Cl)c(Cl)c3n2)CCO1. The molecule has 3 heterocycles. The van der Waals surface area contributed by atoms with Gasteiger partial charge in [0.15, 0.2) is 6.10 Å². The fourth-order valence-electron chi connectivity index (χ4n) is 3.03. The lowest BCUT2D eigenvalue weighted by molar-refractivity contribution is -0.150. The van der Waals surface area contributed by atoms with Gasteiger partial charge in [0.05, 0.1) is 34.9 Å². The number of aromatic nitrogens is 3. The summed E-state index contributed by atoms with van der Waals surface area (Å²) in [7, 11) is 0. The largest absolute Gasteiger partial charge is 0.479 e. The van der Waals surface area contributed by atoms with Crippen LogP contribution in [-0.4, -0.2) is 52.1 Å². The highest BCUT2D eigenvalue weighted by Crippen LogP contribution is 2.37. The van der Waals surface area contributed by atoms with E-state index in [1.54, 1.807) is 18.5 Å². The molecule has 1 atom stereocenters. The number of anilines is 1. The highest BCUT2D eigenvalue weighted by molar-refractivity contribution is 6.45. The number of benzene rings is 1. The van der Waals surface area contributed by atoms with Crippen LogP contribution in [0.2, 0.25) is 10.0 Å². The van der Waals surface area contributed by atoms with Crippen molar-refractivity contribution < 1.29 is 14.6 Å². The summed E-state index contributed by atoms with van der Waals surface area (Å²) in [5.41, 5.74) is 2.32. The Kier molecular flexibility index (Phi) is 4.44. The van der Waals surface area contributed by atoms with Gasteiger partial charge in [0.25, 0.3) is 0 Å². The van der Waals surface area contributed by atoms with Crippen LogP contribution in [0.25, 0.3) is 22.0 Å². The van der Waals surface area contributed by atoms with E-state index in [1.165, 1.54) is 0 Å². The van der Waals surface area contributed by atoms with Gasteiger partial charge in [0.1, 0.15) is 5.82 Å². The second-order valence-electron chi connectivity index (χ2n) is 5.92. The summed E-state index contributed by atoms with van der Waals surface area (Å²) in [6, 6.07) is 5.50. The van der Waals surface area contributed by atoms with Gasteiger partial charge in [-0.25, -0.2) is 9.78 Å². The van der Waals surface area contributed by atoms with Crippen LogP contribution in [0, 0.1) is 0 Å². The molecule has 9 heteroatoms. The molecule has 2 aromatic heterocycles. The molecule has 26 heavy (non-hydrogen) atoms. The lowest BCUT2D eigenvalue weighted by atomic mass is 10.0. The Morgan fingerprint density at radius 3 is 2.96 bits per heavy atom. The maximum atomic E-state index is 11.3. The third kappa shape index (κ3) is 2.98. The number of rotatable bonds is 3. The van der Waals surface area contributed by atoms with Gasteiger partial charge in [-0.1, -0.05) is 29.3 Å². The molecule has 1 aliphatic heterocycles. The van der Waals surface area contributed by atoms with Crippen molar-refractivity contribution >= 4 is 45.9 Å². The van der Waals surface area contributed by atoms with Crippen LogP contribution >= 0.6 is 23.2 Å². The summed E-state index contributed by atoms with van der Waals surface area (Å²) in [6.45, 7) is 1.04. The van der Waals surface area contributed by atoms with Crippen molar-refractivity contribution in [3.8, 4) is 11.1 Å². The average Bonchev–Trinajstić information content (AvgIpc) is 3.18. The number of nitrogens with zero attached hydrogens (tertiary/aromatic N) is 3. The molecular weight excluding hydrogens is 379 g/mol. The number of hydrogen-bond acceptors (Lipinski definition) is 5. The Hall–Kier alpha value is -2.35. The fraction of sp³-hybridized carbons (Fsp3) is 0.235. The lowest BCUT2D eigenvalue weighted by Gasteiger charge is -2.32. The molecule has 1 fully saturated rings. The standard InChI is InChI=1S/C17H14Cl2N4O3/c18-12-2-1-10-11(9-6-20-21-7-9)5-14(22-16(10)15(12)19)23-3-4-26-13(8-23)17(24)25/h1-2,5-7,13H,3-4,8H2,(H,20,21)(H,24,25)/t13-/m1/s1. The second kappa shape index (κ2) is 6.75. The first-order valence-corrected chi connectivity index (χ1v) is 8.67. The Labute approximate surface area is 158 Å². The van der Waals surface area contributed by atoms with Gasteiger partial charge < -0.3 is 14.7 Å². The molecule has 1 aromatic carbocycles. The van der Waals surface area contributed by atoms with Crippen LogP contribution in [-0.2, 0) is 9.53 Å². The van der Waals surface area contributed by atoms with Gasteiger partial charge in [0, 0.05) is 23.7 Å². The van der Waals surface area contributed by atoms with Gasteiger partial charge in [-0.05, 0) is 17.7 Å². The smallest absolute Gasteiger partial charge is 0.334 e. The number of morpholine rings is 1. The summed E-state index contributed by atoms with van der Waals surface area (Å²) in [5.74, 6) is -0.376. The van der Waals surface area contributed by atoms with Gasteiger partial charge in [-0.15, -0.1) is 0 Å². The number of H-pyrrole nitrogens is 1. The molecule has 3 aromatic rings. The van der Waals surface area contributed by atoms with Crippen molar-refractivity contribution in [3.63, 3.8) is 0 Å². The topological polar surface area (TPSA) is 91.3 Å². The summed E-state index contributed by atoms with van der Waals surface area (Å²) in [5, 5.41) is 17.7. The van der Waals surface area contributed by atoms with Crippen LogP contribution in [0.4, 0.5) is 5.82 Å². The zero-order valence-corrected chi connectivity index (χ0v) is 15.0. The summed E-state index contributed by atoms with van der Waals surface area (Å²) < 4.78 is 5.29. The summed E-state index contributed by atoms with van der Waals surface area (Å²) in [4.78, 5) is 17.8. The summed E-state index contributed by atoms with van der Waals surface area (Å²) >= 11 is 12.6. The molecule has 1 aliphatic rings. The molecule has 1 saturated heterocycles. The molecule has 0 bridgehead atoms. The average molecular weight is 393 g/mol. The minimum absolute atomic E-state index is 0.205. The number of carboxylic acids is 1. The Bertz CT molecular complexity index is 978. The van der Waals surface area contributed by atoms with Crippen LogP contribution in [0.1, 0.15) is 0 Å². The second-order valence-corrected chi connectivity index (χ2v) is 6.70. The maximum Gasteiger partial charge on any atom is 0.334 e. The first-order valence-electron chi connectivity index (χ1n) is 7.92. The van der Waals surface area contributed by atoms with E-state index in [2.05, 4.69) is 15.2 Å². The summed E-state index contributed by atoms with van der Waals surface area (Å²) in [6.07, 6.45) is 2.59. The minimum Gasteiger partial charge on any atom is -0.479 e. The lowest BCUT2D eigenvalue weighted by Crippen LogP contribution is -2.46. The quantitative estimate of drug-likeness (QED) is 0.710. The number of hydrogen-bond donors (Lipinski definition) is 2. The van der Waals surface area contributed by atoms with Crippen molar-refractivity contribution in [2.24, 2.45) is 0 Å². The number of aliphatic carboxylic acids is 1. The van der Waals surface area contributed by atoms with Crippen molar-refractivity contribution in [2.75, 3.05) is 24.6 Å². The molecule has 0 saturated carbocycles. The first-order chi connectivity index (χ1) is 12.5. The Balaban J connectivity index is 1.88. The maximum absolute atomic E-state index is 11.3. The molecule has 0 unspecified atom stereocenters. The van der Waals surface area contributed by atoms with E-state index in [0.29, 0.717) is 34.5 Å². The van der Waals surface area contributed by atoms with Gasteiger partial charge in [0.2, 0.25) is 0 Å². The number of nitrogens with one attached hydrogen (secondary N) is 1. The molecule has 0 radical (unpaired) electrons. The van der Waals surface area contributed by atoms with E-state index in [1.807, 2.05) is 17.0 Å². The Morgan fingerprint density at radius 1 is 1.38 bits per heavy atom. The van der Waals surface area contributed by atoms with Crippen LogP contribution in [0.3, 0.4) is 0 Å². The van der Waals surface area contributed by atoms with E-state index < -0.39 is 12.1 Å². The number of fused-ring (bicyclic) bond motifs is 1. The molecule has 0 amide bonds. The number of carbonyl (C=O) groups is 1. The van der Waals surface area contributed by atoms with Gasteiger partial charge in [-0.3, -0.25) is 5.10 Å². The zero-order valence-electron chi connectivity index (χ0n) is 13.4. The number of ether oxygens (including phenoxy) is 1. The number of carboxylic acid groups (broad SMARTS) is 1. The molecule has 0 aliphatic carbocycles. The highest BCUT2D eigenvalue weighted by Gasteiger charge is 2.28. The number of halogens is 2. The van der Waals surface area contributed by atoms with E-state index in [9.17, 15) is 9.90 Å². The molecule has 0 spiro atoms. The molecule has 134 valence electrons. The normalized spacial score (nSPS) is 17.6. The van der Waals surface area contributed by atoms with Crippen LogP contribution in [0.5, 0.6) is 0 Å². The molecule has 7 nitrogen and oxygen atoms in total. The predicted molar refractivity (Wildman–Crippen MR) is 98.9 cm³/mol. The van der Waals surface area contributed by atoms with E-state index in [4.69, 9.17) is 27.9 Å². The third-order valence-electron chi connectivity index (χ3n) is 4.33. The number of pyridine rings is 1. The highest BCUT2D eigenvalue weighted by atomic mass is 35.5. The van der Waals surface area contributed by atoms with E-state index >= 15 is 0 Å². The fourth-order valence-corrected chi connectivity index (χ4v) is 3.39. The Morgan fingerprint density at radius 2 is 2.23 bits per heavy atom. The van der Waals surface area contributed by atoms with Crippen LogP contribution < -0.4 is 4.90 Å². The van der Waals surface area contributed by atoms with E-state index in [0.717, 1.165) is 16.5 Å². The predicted octanol–water partition coefficient (Wildman–Crippen LogP) is 3.22. The van der Waals surface area contributed by atoms with E-state index in [-0.39, 0.29) is 6.54 Å². The van der Waals surface area contributed by atoms with Crippen molar-refractivity contribution in [3.05, 3.63) is 40.6 Å². The molecule has 4 rings (SSSR count). The monoisotopic (exact) mass is 392 g/mol. The van der Waals surface area contributed by atoms with Crippen LogP contribution in [0.15, 0.2) is 30.6 Å². The number of aromatic amines is 1.